The molecule has 1 unspecified atom stereocenters. The van der Waals surface area contributed by atoms with Gasteiger partial charge in [-0.15, -0.1) is 0 Å². The van der Waals surface area contributed by atoms with Crippen molar-refractivity contribution >= 4 is 0 Å². The number of nitrogens with zero attached hydrogens (tertiary/aromatic N) is 2. The Labute approximate surface area is 90.4 Å². The molecule has 15 heavy (non-hydrogen) atoms. The van der Waals surface area contributed by atoms with E-state index >= 15 is 0 Å². The van der Waals surface area contributed by atoms with Gasteiger partial charge in [-0.2, -0.15) is 5.10 Å². The maximum Gasteiger partial charge on any atom is 0.0792 e. The van der Waals surface area contributed by atoms with Gasteiger partial charge in [-0.3, -0.25) is 4.68 Å². The van der Waals surface area contributed by atoms with Gasteiger partial charge in [-0.25, -0.2) is 0 Å². The number of rotatable bonds is 4. The molecule has 2 N–H and O–H groups in total. The van der Waals surface area contributed by atoms with Crippen molar-refractivity contribution in [3.8, 4) is 0 Å². The maximum absolute atomic E-state index is 6.12. The summed E-state index contributed by atoms with van der Waals surface area (Å²) in [5.41, 5.74) is 7.11. The Hall–Kier alpha value is -0.870. The number of nitrogens with two attached hydrogens (primary N) is 1. The highest BCUT2D eigenvalue weighted by molar-refractivity contribution is 5.07. The molecule has 0 bridgehead atoms. The van der Waals surface area contributed by atoms with E-state index in [1.807, 2.05) is 19.3 Å². The number of hydrogen-bond acceptors (Lipinski definition) is 3. The smallest absolute Gasteiger partial charge is 0.0792 e. The van der Waals surface area contributed by atoms with E-state index in [1.165, 1.54) is 6.42 Å². The van der Waals surface area contributed by atoms with E-state index in [9.17, 15) is 0 Å². The zero-order chi connectivity index (χ0) is 10.9. The third-order valence-corrected chi connectivity index (χ3v) is 3.40. The summed E-state index contributed by atoms with van der Waals surface area (Å²) in [6.07, 6.45) is 6.31. The van der Waals surface area contributed by atoms with Crippen LogP contribution in [0.2, 0.25) is 0 Å². The highest BCUT2D eigenvalue weighted by Crippen LogP contribution is 2.40. The average molecular weight is 209 g/mol. The summed E-state index contributed by atoms with van der Waals surface area (Å²) < 4.78 is 7.35. The first-order chi connectivity index (χ1) is 7.15. The second-order valence-electron chi connectivity index (χ2n) is 4.47. The Balaban J connectivity index is 1.99. The molecule has 1 atom stereocenters. The number of hydrogen-bond donors (Lipinski definition) is 1. The maximum atomic E-state index is 6.12. The second kappa shape index (κ2) is 3.94. The van der Waals surface area contributed by atoms with Crippen LogP contribution in [-0.2, 0) is 11.8 Å². The molecule has 1 aromatic rings. The van der Waals surface area contributed by atoms with Crippen LogP contribution in [0, 0.1) is 0 Å². The van der Waals surface area contributed by atoms with Gasteiger partial charge in [0, 0.05) is 20.4 Å². The molecule has 0 radical (unpaired) electrons. The molecule has 1 fully saturated rings. The summed E-state index contributed by atoms with van der Waals surface area (Å²) >= 11 is 0. The first kappa shape index (κ1) is 10.6. The van der Waals surface area contributed by atoms with Gasteiger partial charge >= 0.3 is 0 Å². The van der Waals surface area contributed by atoms with Crippen LogP contribution >= 0.6 is 0 Å². The molecule has 0 saturated heterocycles. The van der Waals surface area contributed by atoms with Gasteiger partial charge in [0.1, 0.15) is 0 Å². The van der Waals surface area contributed by atoms with E-state index in [-0.39, 0.29) is 11.6 Å². The standard InChI is InChI=1S/C11H19N3O/c1-14-7-4-10(13-14)9(12)8-11(15-2)5-3-6-11/h4,7,9H,3,5-6,8,12H2,1-2H3. The van der Waals surface area contributed by atoms with Crippen LogP contribution in [0.4, 0.5) is 0 Å². The van der Waals surface area contributed by atoms with E-state index in [0.29, 0.717) is 0 Å². The Bertz CT molecular complexity index is 325. The van der Waals surface area contributed by atoms with E-state index in [4.69, 9.17) is 10.5 Å². The summed E-state index contributed by atoms with van der Waals surface area (Å²) in [4.78, 5) is 0. The predicted octanol–water partition coefficient (Wildman–Crippen LogP) is 1.38. The molecule has 1 aliphatic rings. The second-order valence-corrected chi connectivity index (χ2v) is 4.47. The third-order valence-electron chi connectivity index (χ3n) is 3.40. The van der Waals surface area contributed by atoms with Gasteiger partial charge in [0.2, 0.25) is 0 Å². The molecule has 0 aliphatic heterocycles. The monoisotopic (exact) mass is 209 g/mol. The van der Waals surface area contributed by atoms with Crippen molar-refractivity contribution in [3.63, 3.8) is 0 Å². The molecule has 1 heterocycles. The summed E-state index contributed by atoms with van der Waals surface area (Å²) in [7, 11) is 3.69. The topological polar surface area (TPSA) is 53.1 Å². The van der Waals surface area contributed by atoms with Gasteiger partial charge in [0.15, 0.2) is 0 Å². The van der Waals surface area contributed by atoms with Crippen LogP contribution in [0.3, 0.4) is 0 Å². The summed E-state index contributed by atoms with van der Waals surface area (Å²) in [6.45, 7) is 0. The fourth-order valence-corrected chi connectivity index (χ4v) is 2.20. The van der Waals surface area contributed by atoms with Gasteiger partial charge < -0.3 is 10.5 Å². The number of aryl methyl sites for hydroxylation is 1. The van der Waals surface area contributed by atoms with Crippen LogP contribution in [-0.4, -0.2) is 22.5 Å². The predicted molar refractivity (Wildman–Crippen MR) is 58.3 cm³/mol. The molecule has 2 rings (SSSR count). The first-order valence-corrected chi connectivity index (χ1v) is 5.45. The number of methoxy groups -OCH3 is 1. The lowest BCUT2D eigenvalue weighted by molar-refractivity contribution is -0.0819. The highest BCUT2D eigenvalue weighted by atomic mass is 16.5. The molecular formula is C11H19N3O. The fraction of sp³-hybridized carbons (Fsp3) is 0.727. The Morgan fingerprint density at radius 1 is 1.67 bits per heavy atom. The molecule has 4 nitrogen and oxygen atoms in total. The number of aromatic nitrogens is 2. The summed E-state index contributed by atoms with van der Waals surface area (Å²) in [5.74, 6) is 0. The summed E-state index contributed by atoms with van der Waals surface area (Å²) in [6, 6.07) is 1.97. The van der Waals surface area contributed by atoms with E-state index < -0.39 is 0 Å². The third kappa shape index (κ3) is 2.06. The highest BCUT2D eigenvalue weighted by Gasteiger charge is 2.38. The molecule has 4 heteroatoms. The van der Waals surface area contributed by atoms with Crippen molar-refractivity contribution in [1.82, 2.24) is 9.78 Å². The molecule has 1 saturated carbocycles. The van der Waals surface area contributed by atoms with Crippen molar-refractivity contribution < 1.29 is 4.74 Å². The van der Waals surface area contributed by atoms with Crippen molar-refractivity contribution in [1.29, 1.82) is 0 Å². The fourth-order valence-electron chi connectivity index (χ4n) is 2.20. The normalized spacial score (nSPS) is 21.0. The summed E-state index contributed by atoms with van der Waals surface area (Å²) in [5, 5.41) is 4.32. The molecule has 1 aliphatic carbocycles. The molecule has 84 valence electrons. The largest absolute Gasteiger partial charge is 0.378 e. The van der Waals surface area contributed by atoms with Crippen LogP contribution < -0.4 is 5.73 Å². The van der Waals surface area contributed by atoms with Crippen molar-refractivity contribution in [2.24, 2.45) is 12.8 Å². The molecule has 0 amide bonds. The Morgan fingerprint density at radius 3 is 2.80 bits per heavy atom. The van der Waals surface area contributed by atoms with E-state index in [1.54, 1.807) is 11.8 Å². The molecule has 0 aromatic carbocycles. The van der Waals surface area contributed by atoms with Crippen molar-refractivity contribution in [2.75, 3.05) is 7.11 Å². The first-order valence-electron chi connectivity index (χ1n) is 5.45. The van der Waals surface area contributed by atoms with E-state index in [2.05, 4.69) is 5.10 Å². The zero-order valence-corrected chi connectivity index (χ0v) is 9.44. The number of ether oxygens (including phenoxy) is 1. The van der Waals surface area contributed by atoms with Crippen LogP contribution in [0.5, 0.6) is 0 Å². The lowest BCUT2D eigenvalue weighted by Crippen LogP contribution is -2.41. The van der Waals surface area contributed by atoms with Crippen LogP contribution in [0.1, 0.15) is 37.4 Å². The van der Waals surface area contributed by atoms with E-state index in [0.717, 1.165) is 25.0 Å². The lowest BCUT2D eigenvalue weighted by atomic mass is 9.75. The quantitative estimate of drug-likeness (QED) is 0.815. The Kier molecular flexibility index (Phi) is 2.80. The van der Waals surface area contributed by atoms with Gasteiger partial charge in [0.25, 0.3) is 0 Å². The minimum atomic E-state index is -0.00792. The minimum absolute atomic E-state index is 0.00792. The van der Waals surface area contributed by atoms with Crippen LogP contribution in [0.25, 0.3) is 0 Å². The minimum Gasteiger partial charge on any atom is -0.378 e. The Morgan fingerprint density at radius 2 is 2.40 bits per heavy atom. The molecular weight excluding hydrogens is 190 g/mol. The van der Waals surface area contributed by atoms with Gasteiger partial charge in [-0.05, 0) is 31.7 Å². The zero-order valence-electron chi connectivity index (χ0n) is 9.44. The average Bonchev–Trinajstić information content (AvgIpc) is 2.58. The van der Waals surface area contributed by atoms with Crippen LogP contribution in [0.15, 0.2) is 12.3 Å². The van der Waals surface area contributed by atoms with Crippen molar-refractivity contribution in [3.05, 3.63) is 18.0 Å². The van der Waals surface area contributed by atoms with Gasteiger partial charge in [0.05, 0.1) is 17.3 Å². The SMILES string of the molecule is COC1(CC(N)c2ccn(C)n2)CCC1. The lowest BCUT2D eigenvalue weighted by Gasteiger charge is -2.41. The van der Waals surface area contributed by atoms with Crippen molar-refractivity contribution in [2.45, 2.75) is 37.3 Å². The van der Waals surface area contributed by atoms with Gasteiger partial charge in [-0.1, -0.05) is 0 Å². The molecule has 1 aromatic heterocycles. The molecule has 0 spiro atoms.